The molecule has 1 aromatic carbocycles. The van der Waals surface area contributed by atoms with E-state index in [9.17, 15) is 4.39 Å². The highest BCUT2D eigenvalue weighted by molar-refractivity contribution is 9.09. The van der Waals surface area contributed by atoms with Crippen molar-refractivity contribution in [1.82, 2.24) is 5.32 Å². The standard InChI is InChI=1S/C11H13BrFN/c12-11(5-7-14-8-6-11)9-1-3-10(13)4-2-9/h1-4,14H,5-8H2. The Bertz CT molecular complexity index is 304. The Kier molecular flexibility index (Phi) is 2.88. The second-order valence-corrected chi connectivity index (χ2v) is 5.24. The van der Waals surface area contributed by atoms with Gasteiger partial charge in [-0.15, -0.1) is 0 Å². The van der Waals surface area contributed by atoms with Gasteiger partial charge in [0.15, 0.2) is 0 Å². The normalized spacial score (nSPS) is 20.7. The quantitative estimate of drug-likeness (QED) is 0.764. The minimum Gasteiger partial charge on any atom is -0.317 e. The van der Waals surface area contributed by atoms with Crippen molar-refractivity contribution in [2.75, 3.05) is 13.1 Å². The number of piperidine rings is 1. The third-order valence-electron chi connectivity index (χ3n) is 2.76. The summed E-state index contributed by atoms with van der Waals surface area (Å²) >= 11 is 3.77. The first kappa shape index (κ1) is 10.1. The van der Waals surface area contributed by atoms with Crippen LogP contribution in [0.15, 0.2) is 24.3 Å². The van der Waals surface area contributed by atoms with Gasteiger partial charge >= 0.3 is 0 Å². The lowest BCUT2D eigenvalue weighted by molar-refractivity contribution is 0.432. The molecule has 1 aliphatic rings. The lowest BCUT2D eigenvalue weighted by Gasteiger charge is -2.32. The van der Waals surface area contributed by atoms with E-state index in [0.29, 0.717) is 0 Å². The predicted molar refractivity (Wildman–Crippen MR) is 59.1 cm³/mol. The van der Waals surface area contributed by atoms with Gasteiger partial charge in [0, 0.05) is 0 Å². The van der Waals surface area contributed by atoms with Crippen LogP contribution in [0.25, 0.3) is 0 Å². The van der Waals surface area contributed by atoms with Crippen molar-refractivity contribution in [3.05, 3.63) is 35.6 Å². The highest BCUT2D eigenvalue weighted by Gasteiger charge is 2.30. The third-order valence-corrected chi connectivity index (χ3v) is 4.01. The number of benzene rings is 1. The lowest BCUT2D eigenvalue weighted by atomic mass is 9.90. The van der Waals surface area contributed by atoms with E-state index in [2.05, 4.69) is 21.2 Å². The first-order valence-corrected chi connectivity index (χ1v) is 5.66. The van der Waals surface area contributed by atoms with Crippen LogP contribution >= 0.6 is 15.9 Å². The molecule has 0 aromatic heterocycles. The molecular weight excluding hydrogens is 245 g/mol. The summed E-state index contributed by atoms with van der Waals surface area (Å²) < 4.78 is 12.8. The van der Waals surface area contributed by atoms with Gasteiger partial charge < -0.3 is 5.32 Å². The van der Waals surface area contributed by atoms with Crippen molar-refractivity contribution < 1.29 is 4.39 Å². The molecule has 14 heavy (non-hydrogen) atoms. The average Bonchev–Trinajstić information content (AvgIpc) is 2.19. The lowest BCUT2D eigenvalue weighted by Crippen LogP contribution is -2.35. The molecule has 1 aromatic rings. The van der Waals surface area contributed by atoms with Gasteiger partial charge in [0.2, 0.25) is 0 Å². The molecule has 1 nitrogen and oxygen atoms in total. The van der Waals surface area contributed by atoms with Crippen LogP contribution in [0.2, 0.25) is 0 Å². The highest BCUT2D eigenvalue weighted by Crippen LogP contribution is 2.39. The Morgan fingerprint density at radius 1 is 1.14 bits per heavy atom. The van der Waals surface area contributed by atoms with Gasteiger partial charge in [-0.25, -0.2) is 4.39 Å². The van der Waals surface area contributed by atoms with E-state index in [1.807, 2.05) is 12.1 Å². The largest absolute Gasteiger partial charge is 0.317 e. The summed E-state index contributed by atoms with van der Waals surface area (Å²) in [6, 6.07) is 6.80. The molecule has 0 atom stereocenters. The fraction of sp³-hybridized carbons (Fsp3) is 0.455. The predicted octanol–water partition coefficient (Wildman–Crippen LogP) is 2.80. The van der Waals surface area contributed by atoms with Crippen LogP contribution < -0.4 is 5.32 Å². The molecular formula is C11H13BrFN. The second-order valence-electron chi connectivity index (χ2n) is 3.72. The number of hydrogen-bond donors (Lipinski definition) is 1. The fourth-order valence-corrected chi connectivity index (χ4v) is 2.52. The second kappa shape index (κ2) is 3.99. The van der Waals surface area contributed by atoms with E-state index in [4.69, 9.17) is 0 Å². The molecule has 1 aliphatic heterocycles. The topological polar surface area (TPSA) is 12.0 Å². The molecule has 0 bridgehead atoms. The molecule has 2 rings (SSSR count). The Morgan fingerprint density at radius 3 is 2.29 bits per heavy atom. The fourth-order valence-electron chi connectivity index (χ4n) is 1.86. The van der Waals surface area contributed by atoms with Crippen molar-refractivity contribution in [1.29, 1.82) is 0 Å². The van der Waals surface area contributed by atoms with Crippen molar-refractivity contribution in [2.45, 2.75) is 17.2 Å². The summed E-state index contributed by atoms with van der Waals surface area (Å²) in [4.78, 5) is 0. The highest BCUT2D eigenvalue weighted by atomic mass is 79.9. The van der Waals surface area contributed by atoms with Gasteiger partial charge in [0.25, 0.3) is 0 Å². The van der Waals surface area contributed by atoms with Crippen LogP contribution in [0.4, 0.5) is 4.39 Å². The van der Waals surface area contributed by atoms with E-state index in [1.165, 1.54) is 17.7 Å². The van der Waals surface area contributed by atoms with Crippen molar-refractivity contribution in [2.24, 2.45) is 0 Å². The van der Waals surface area contributed by atoms with Crippen LogP contribution in [0.5, 0.6) is 0 Å². The number of hydrogen-bond acceptors (Lipinski definition) is 1. The first-order valence-electron chi connectivity index (χ1n) is 4.86. The van der Waals surface area contributed by atoms with Gasteiger partial charge in [-0.1, -0.05) is 28.1 Å². The monoisotopic (exact) mass is 257 g/mol. The Hall–Kier alpha value is -0.410. The summed E-state index contributed by atoms with van der Waals surface area (Å²) in [6.07, 6.45) is 2.11. The first-order chi connectivity index (χ1) is 6.71. The summed E-state index contributed by atoms with van der Waals surface area (Å²) in [6.45, 7) is 2.03. The number of halogens is 2. The van der Waals surface area contributed by atoms with E-state index >= 15 is 0 Å². The Balaban J connectivity index is 2.23. The molecule has 0 spiro atoms. The molecule has 0 unspecified atom stereocenters. The summed E-state index contributed by atoms with van der Waals surface area (Å²) in [5.41, 5.74) is 1.18. The van der Waals surface area contributed by atoms with Crippen LogP contribution in [-0.4, -0.2) is 13.1 Å². The van der Waals surface area contributed by atoms with Crippen LogP contribution in [-0.2, 0) is 4.32 Å². The zero-order valence-corrected chi connectivity index (χ0v) is 9.48. The van der Waals surface area contributed by atoms with Gasteiger partial charge in [0.05, 0.1) is 4.32 Å². The minimum absolute atomic E-state index is 0.0476. The maximum absolute atomic E-state index is 12.8. The molecule has 1 N–H and O–H groups in total. The zero-order chi connectivity index (χ0) is 10.0. The maximum Gasteiger partial charge on any atom is 0.123 e. The number of nitrogens with one attached hydrogen (secondary N) is 1. The van der Waals surface area contributed by atoms with E-state index < -0.39 is 0 Å². The number of alkyl halides is 1. The van der Waals surface area contributed by atoms with E-state index in [0.717, 1.165) is 25.9 Å². The summed E-state index contributed by atoms with van der Waals surface area (Å²) in [5, 5.41) is 3.32. The molecule has 1 heterocycles. The molecule has 0 saturated carbocycles. The smallest absolute Gasteiger partial charge is 0.123 e. The van der Waals surface area contributed by atoms with E-state index in [1.54, 1.807) is 0 Å². The Morgan fingerprint density at radius 2 is 1.71 bits per heavy atom. The summed E-state index contributed by atoms with van der Waals surface area (Å²) in [5.74, 6) is -0.168. The molecule has 0 aliphatic carbocycles. The van der Waals surface area contributed by atoms with Gasteiger partial charge in [0.1, 0.15) is 5.82 Å². The molecule has 0 radical (unpaired) electrons. The SMILES string of the molecule is Fc1ccc(C2(Br)CCNCC2)cc1. The van der Waals surface area contributed by atoms with Crippen LogP contribution in [0, 0.1) is 5.82 Å². The molecule has 1 fully saturated rings. The Labute approximate surface area is 91.8 Å². The van der Waals surface area contributed by atoms with Crippen molar-refractivity contribution in [3.8, 4) is 0 Å². The summed E-state index contributed by atoms with van der Waals surface area (Å²) in [7, 11) is 0. The van der Waals surface area contributed by atoms with Crippen molar-refractivity contribution >= 4 is 15.9 Å². The zero-order valence-electron chi connectivity index (χ0n) is 7.89. The van der Waals surface area contributed by atoms with Crippen molar-refractivity contribution in [3.63, 3.8) is 0 Å². The van der Waals surface area contributed by atoms with Crippen LogP contribution in [0.1, 0.15) is 18.4 Å². The molecule has 0 amide bonds. The number of rotatable bonds is 1. The van der Waals surface area contributed by atoms with Crippen LogP contribution in [0.3, 0.4) is 0 Å². The maximum atomic E-state index is 12.8. The van der Waals surface area contributed by atoms with Gasteiger partial charge in [-0.2, -0.15) is 0 Å². The van der Waals surface area contributed by atoms with E-state index in [-0.39, 0.29) is 10.1 Å². The van der Waals surface area contributed by atoms with Gasteiger partial charge in [-0.3, -0.25) is 0 Å². The minimum atomic E-state index is -0.168. The molecule has 3 heteroatoms. The average molecular weight is 258 g/mol. The third kappa shape index (κ3) is 1.98. The molecule has 76 valence electrons. The van der Waals surface area contributed by atoms with Gasteiger partial charge in [-0.05, 0) is 43.6 Å². The molecule has 1 saturated heterocycles.